The molecule has 0 atom stereocenters. The van der Waals surface area contributed by atoms with Crippen molar-refractivity contribution < 1.29 is 9.32 Å². The largest absolute Gasteiger partial charge is 0.339 e. The zero-order valence-corrected chi connectivity index (χ0v) is 14.5. The molecule has 0 saturated heterocycles. The molecule has 0 bridgehead atoms. The summed E-state index contributed by atoms with van der Waals surface area (Å²) in [5, 5.41) is 7.93. The topological polar surface area (TPSA) is 72.1 Å². The van der Waals surface area contributed by atoms with Gasteiger partial charge in [-0.2, -0.15) is 16.3 Å². The summed E-state index contributed by atoms with van der Waals surface area (Å²) in [5.41, 5.74) is 2.05. The van der Waals surface area contributed by atoms with Gasteiger partial charge >= 0.3 is 0 Å². The Morgan fingerprint density at radius 1 is 1.28 bits per heavy atom. The number of carbonyl (C=O) groups is 1. The molecule has 0 N–H and O–H groups in total. The molecular formula is C18H18N4O2S. The van der Waals surface area contributed by atoms with Crippen molar-refractivity contribution in [3.05, 3.63) is 52.8 Å². The zero-order chi connectivity index (χ0) is 17.1. The van der Waals surface area contributed by atoms with E-state index < -0.39 is 0 Å². The average molecular weight is 354 g/mol. The van der Waals surface area contributed by atoms with E-state index in [1.807, 2.05) is 33.9 Å². The van der Waals surface area contributed by atoms with Gasteiger partial charge in [0.1, 0.15) is 0 Å². The monoisotopic (exact) mass is 354 g/mol. The number of hydrogen-bond acceptors (Lipinski definition) is 6. The lowest BCUT2D eigenvalue weighted by atomic mass is 10.2. The third-order valence-corrected chi connectivity index (χ3v) is 4.89. The fourth-order valence-corrected chi connectivity index (χ4v) is 3.35. The lowest BCUT2D eigenvalue weighted by Crippen LogP contribution is -2.32. The van der Waals surface area contributed by atoms with E-state index in [9.17, 15) is 4.79 Å². The van der Waals surface area contributed by atoms with Crippen LogP contribution >= 0.6 is 11.3 Å². The maximum Gasteiger partial charge on any atom is 0.227 e. The minimum Gasteiger partial charge on any atom is -0.339 e. The molecule has 3 aromatic heterocycles. The SMILES string of the molecule is O=C(CCc1nc(-c2ccsc2)no1)N(Cc1ccncc1)C1CC1. The van der Waals surface area contributed by atoms with E-state index in [4.69, 9.17) is 4.52 Å². The van der Waals surface area contributed by atoms with Gasteiger partial charge in [0.2, 0.25) is 17.6 Å². The highest BCUT2D eigenvalue weighted by molar-refractivity contribution is 7.08. The molecule has 6 nitrogen and oxygen atoms in total. The van der Waals surface area contributed by atoms with Crippen molar-refractivity contribution in [2.45, 2.75) is 38.3 Å². The molecule has 0 radical (unpaired) electrons. The Labute approximate surface area is 149 Å². The van der Waals surface area contributed by atoms with E-state index in [0.29, 0.717) is 37.1 Å². The Bertz CT molecular complexity index is 828. The van der Waals surface area contributed by atoms with Crippen LogP contribution in [0.2, 0.25) is 0 Å². The van der Waals surface area contributed by atoms with Crippen molar-refractivity contribution in [1.29, 1.82) is 0 Å². The number of nitrogens with zero attached hydrogens (tertiary/aromatic N) is 4. The fraction of sp³-hybridized carbons (Fsp3) is 0.333. The van der Waals surface area contributed by atoms with E-state index in [0.717, 1.165) is 24.0 Å². The van der Waals surface area contributed by atoms with Crippen LogP contribution in [0.5, 0.6) is 0 Å². The van der Waals surface area contributed by atoms with Gasteiger partial charge < -0.3 is 9.42 Å². The molecule has 3 aromatic rings. The molecule has 4 rings (SSSR count). The zero-order valence-electron chi connectivity index (χ0n) is 13.7. The summed E-state index contributed by atoms with van der Waals surface area (Å²) < 4.78 is 5.28. The first-order valence-corrected chi connectivity index (χ1v) is 9.27. The Morgan fingerprint density at radius 2 is 2.12 bits per heavy atom. The summed E-state index contributed by atoms with van der Waals surface area (Å²) in [7, 11) is 0. The smallest absolute Gasteiger partial charge is 0.227 e. The number of aryl methyl sites for hydroxylation is 1. The molecule has 0 spiro atoms. The molecule has 25 heavy (non-hydrogen) atoms. The average Bonchev–Trinajstić information content (AvgIpc) is 3.12. The summed E-state index contributed by atoms with van der Waals surface area (Å²) in [5.74, 6) is 1.23. The lowest BCUT2D eigenvalue weighted by molar-refractivity contribution is -0.132. The third-order valence-electron chi connectivity index (χ3n) is 4.21. The summed E-state index contributed by atoms with van der Waals surface area (Å²) in [4.78, 5) is 23.0. The Hall–Kier alpha value is -2.54. The lowest BCUT2D eigenvalue weighted by Gasteiger charge is -2.22. The number of aromatic nitrogens is 3. The Balaban J connectivity index is 1.37. The summed E-state index contributed by atoms with van der Waals surface area (Å²) in [6, 6.07) is 6.22. The molecule has 0 unspecified atom stereocenters. The van der Waals surface area contributed by atoms with Gasteiger partial charge in [-0.25, -0.2) is 0 Å². The molecule has 1 amide bonds. The molecule has 1 aliphatic carbocycles. The second-order valence-electron chi connectivity index (χ2n) is 6.13. The van der Waals surface area contributed by atoms with Crippen molar-refractivity contribution in [3.63, 3.8) is 0 Å². The second-order valence-corrected chi connectivity index (χ2v) is 6.91. The van der Waals surface area contributed by atoms with E-state index in [2.05, 4.69) is 15.1 Å². The van der Waals surface area contributed by atoms with Crippen LogP contribution in [-0.4, -0.2) is 32.0 Å². The molecule has 0 aliphatic heterocycles. The molecular weight excluding hydrogens is 336 g/mol. The van der Waals surface area contributed by atoms with E-state index in [1.165, 1.54) is 0 Å². The van der Waals surface area contributed by atoms with Gasteiger partial charge in [-0.1, -0.05) is 5.16 Å². The summed E-state index contributed by atoms with van der Waals surface area (Å²) >= 11 is 1.59. The normalized spacial score (nSPS) is 13.8. The fourth-order valence-electron chi connectivity index (χ4n) is 2.71. The van der Waals surface area contributed by atoms with Crippen molar-refractivity contribution in [2.75, 3.05) is 0 Å². The number of hydrogen-bond donors (Lipinski definition) is 0. The van der Waals surface area contributed by atoms with Crippen molar-refractivity contribution in [2.24, 2.45) is 0 Å². The molecule has 1 aliphatic rings. The van der Waals surface area contributed by atoms with Crippen molar-refractivity contribution >= 4 is 17.2 Å². The van der Waals surface area contributed by atoms with Crippen LogP contribution in [0.15, 0.2) is 45.9 Å². The van der Waals surface area contributed by atoms with Crippen LogP contribution in [0.1, 0.15) is 30.7 Å². The maximum absolute atomic E-state index is 12.7. The van der Waals surface area contributed by atoms with E-state index in [-0.39, 0.29) is 5.91 Å². The van der Waals surface area contributed by atoms with Crippen molar-refractivity contribution in [1.82, 2.24) is 20.0 Å². The van der Waals surface area contributed by atoms with Crippen LogP contribution < -0.4 is 0 Å². The van der Waals surface area contributed by atoms with Gasteiger partial charge in [0, 0.05) is 48.8 Å². The minimum absolute atomic E-state index is 0.134. The van der Waals surface area contributed by atoms with Crippen LogP contribution in [0.3, 0.4) is 0 Å². The van der Waals surface area contributed by atoms with Gasteiger partial charge in [0.25, 0.3) is 0 Å². The predicted octanol–water partition coefficient (Wildman–Crippen LogP) is 3.32. The number of amides is 1. The highest BCUT2D eigenvalue weighted by Crippen LogP contribution is 2.29. The molecule has 3 heterocycles. The molecule has 0 aromatic carbocycles. The third kappa shape index (κ3) is 3.93. The van der Waals surface area contributed by atoms with Gasteiger partial charge in [-0.3, -0.25) is 9.78 Å². The number of pyridine rings is 1. The van der Waals surface area contributed by atoms with Crippen molar-refractivity contribution in [3.8, 4) is 11.4 Å². The van der Waals surface area contributed by atoms with E-state index in [1.54, 1.807) is 23.7 Å². The number of thiophene rings is 1. The van der Waals surface area contributed by atoms with Crippen LogP contribution in [0.4, 0.5) is 0 Å². The number of carbonyl (C=O) groups excluding carboxylic acids is 1. The first kappa shape index (κ1) is 16.0. The van der Waals surface area contributed by atoms with Crippen LogP contribution in [0, 0.1) is 0 Å². The van der Waals surface area contributed by atoms with Gasteiger partial charge in [-0.15, -0.1) is 0 Å². The minimum atomic E-state index is 0.134. The number of rotatable bonds is 7. The highest BCUT2D eigenvalue weighted by Gasteiger charge is 2.32. The molecule has 128 valence electrons. The molecule has 1 fully saturated rings. The summed E-state index contributed by atoms with van der Waals surface area (Å²) in [6.07, 6.45) is 6.53. The van der Waals surface area contributed by atoms with Crippen LogP contribution in [-0.2, 0) is 17.8 Å². The molecule has 1 saturated carbocycles. The Morgan fingerprint density at radius 3 is 2.84 bits per heavy atom. The first-order chi connectivity index (χ1) is 12.3. The van der Waals surface area contributed by atoms with E-state index >= 15 is 0 Å². The predicted molar refractivity (Wildman–Crippen MR) is 93.7 cm³/mol. The quantitative estimate of drug-likeness (QED) is 0.651. The first-order valence-electron chi connectivity index (χ1n) is 8.33. The second kappa shape index (κ2) is 7.14. The molecule has 7 heteroatoms. The van der Waals surface area contributed by atoms with Gasteiger partial charge in [0.15, 0.2) is 0 Å². The van der Waals surface area contributed by atoms with Gasteiger partial charge in [-0.05, 0) is 42.0 Å². The van der Waals surface area contributed by atoms with Gasteiger partial charge in [0.05, 0.1) is 0 Å². The Kier molecular flexibility index (Phi) is 4.56. The highest BCUT2D eigenvalue weighted by atomic mass is 32.1. The summed E-state index contributed by atoms with van der Waals surface area (Å²) in [6.45, 7) is 0.635. The van der Waals surface area contributed by atoms with Crippen LogP contribution in [0.25, 0.3) is 11.4 Å². The maximum atomic E-state index is 12.7. The standard InChI is InChI=1S/C18H18N4O2S/c23-17(22(15-1-2-15)11-13-5-8-19-9-6-13)4-3-16-20-18(21-24-16)14-7-10-25-12-14/h5-10,12,15H,1-4,11H2.